The summed E-state index contributed by atoms with van der Waals surface area (Å²) in [6, 6.07) is 140. The van der Waals surface area contributed by atoms with Crippen LogP contribution in [0.2, 0.25) is 0 Å². The van der Waals surface area contributed by atoms with Crippen LogP contribution in [0.5, 0.6) is 0 Å². The quantitative estimate of drug-likeness (QED) is 0.127. The summed E-state index contributed by atoms with van der Waals surface area (Å²) in [6.07, 6.45) is 0. The molecule has 0 spiro atoms. The predicted octanol–water partition coefficient (Wildman–Crippen LogP) is 31.3. The van der Waals surface area contributed by atoms with Gasteiger partial charge in [-0.25, -0.2) is 0 Å². The number of rotatable bonds is 11. The van der Waals surface area contributed by atoms with E-state index in [2.05, 4.69) is 455 Å². The summed E-state index contributed by atoms with van der Waals surface area (Å²) < 4.78 is 0. The zero-order valence-electron chi connectivity index (χ0n) is 68.2. The fourth-order valence-electron chi connectivity index (χ4n) is 20.6. The summed E-state index contributed by atoms with van der Waals surface area (Å²) in [4.78, 5) is 4.97. The molecule has 0 heterocycles. The molecular weight excluding hydrogens is 1410 g/mol. The van der Waals surface area contributed by atoms with Crippen molar-refractivity contribution in [2.75, 3.05) is 9.80 Å². The molecule has 22 rings (SSSR count). The molecule has 0 aromatic heterocycles. The van der Waals surface area contributed by atoms with E-state index in [9.17, 15) is 0 Å². The van der Waals surface area contributed by atoms with Crippen molar-refractivity contribution in [3.8, 4) is 111 Å². The van der Waals surface area contributed by atoms with Crippen LogP contribution in [0.1, 0.15) is 125 Å². The van der Waals surface area contributed by atoms with Gasteiger partial charge in [-0.05, 0) is 269 Å². The Morgan fingerprint density at radius 1 is 0.137 bits per heavy atom. The summed E-state index contributed by atoms with van der Waals surface area (Å²) in [6.45, 7) is 23.8. The number of hydrogen-bond donors (Lipinski definition) is 0. The lowest BCUT2D eigenvalue weighted by Crippen LogP contribution is -2.19. The maximum atomic E-state index is 2.51. The normalized spacial score (nSPS) is 14.8. The number of benzene rings is 17. The van der Waals surface area contributed by atoms with Crippen molar-refractivity contribution in [3.63, 3.8) is 0 Å². The highest BCUT2D eigenvalue weighted by molar-refractivity contribution is 5.95. The largest absolute Gasteiger partial charge is 0.310 e. The lowest BCUT2D eigenvalue weighted by molar-refractivity contribution is 0.659. The van der Waals surface area contributed by atoms with Crippen molar-refractivity contribution in [1.82, 2.24) is 0 Å². The van der Waals surface area contributed by atoms with Crippen LogP contribution in [0, 0.1) is 0 Å². The van der Waals surface area contributed by atoms with Crippen molar-refractivity contribution in [2.24, 2.45) is 0 Å². The Labute approximate surface area is 689 Å². The van der Waals surface area contributed by atoms with E-state index in [0.29, 0.717) is 0 Å². The van der Waals surface area contributed by atoms with Crippen LogP contribution in [0.25, 0.3) is 122 Å². The third-order valence-electron chi connectivity index (χ3n) is 27.2. The molecule has 2 heteroatoms. The minimum absolute atomic E-state index is 0.101. The molecule has 17 aromatic carbocycles. The molecule has 17 aromatic rings. The van der Waals surface area contributed by atoms with Gasteiger partial charge in [-0.3, -0.25) is 0 Å². The first-order chi connectivity index (χ1) is 56.7. The van der Waals surface area contributed by atoms with E-state index in [1.165, 1.54) is 195 Å². The molecule has 0 N–H and O–H groups in total. The molecule has 2 nitrogen and oxygen atoms in total. The van der Waals surface area contributed by atoms with Gasteiger partial charge in [-0.15, -0.1) is 0 Å². The van der Waals surface area contributed by atoms with Gasteiger partial charge in [0.25, 0.3) is 0 Å². The molecule has 0 fully saturated rings. The zero-order valence-corrected chi connectivity index (χ0v) is 68.2. The van der Waals surface area contributed by atoms with Gasteiger partial charge < -0.3 is 9.80 Å². The lowest BCUT2D eigenvalue weighted by Gasteiger charge is -2.31. The van der Waals surface area contributed by atoms with Crippen molar-refractivity contribution >= 4 is 44.9 Å². The minimum atomic E-state index is -0.187. The molecule has 0 saturated carbocycles. The lowest BCUT2D eigenvalue weighted by atomic mass is 9.81. The van der Waals surface area contributed by atoms with E-state index in [4.69, 9.17) is 0 Å². The SMILES string of the molecule is CC1(C)c2ccccc2-c2ccc(N(c3ccc(-c4ccc5ccccc5c4)cc3)c3ccc4c(c3)C(C)(C)c3cc(-c5ccc(-c6ccccc6)cc5)ccc3-4)cc21.CC1(C)c2ccccc2-c2ccc(N(c3ccc4c(c3)C(C)(C)c3ccccc3-4)c3ccc4c(c3)C(C)(C)c3cc(-c5ccc(-c6ccccc6)cc5)ccc3-4)cc21. The van der Waals surface area contributed by atoms with Crippen molar-refractivity contribution in [1.29, 1.82) is 0 Å². The molecule has 0 bridgehead atoms. The standard InChI is InChI=1S/C58H45N.C57H47N/c1-57(2)53-17-11-10-16-49(53)51-32-29-47(36-55(51)57)59(46-27-24-42(25-28-46)44-23-22-39-14-8-9-15-43(39)34-44)48-30-33-52-50-31-26-45(35-54(50)58(3,4)56(52)37-48)41-20-18-40(19-21-41)38-12-6-5-7-13-38;1-55(2)49-18-12-10-16-43(49)46-29-25-40(33-52(46)55)58(41-26-30-47-44-17-11-13-19-50(44)56(3,4)53(47)34-41)42-27-31-48-45-28-24-39(32-51(45)57(5,6)54(48)35-42)38-22-20-37(21-23-38)36-14-8-7-9-15-36/h5-37H,1-4H3;7-35H,1-6H3. The van der Waals surface area contributed by atoms with Crippen LogP contribution in [-0.4, -0.2) is 0 Å². The average Bonchev–Trinajstić information content (AvgIpc) is 1.58. The van der Waals surface area contributed by atoms with Crippen LogP contribution in [0.3, 0.4) is 0 Å². The van der Waals surface area contributed by atoms with Crippen LogP contribution >= 0.6 is 0 Å². The fraction of sp³-hybridized carbons (Fsp3) is 0.130. The predicted molar refractivity (Wildman–Crippen MR) is 495 cm³/mol. The van der Waals surface area contributed by atoms with Crippen molar-refractivity contribution < 1.29 is 0 Å². The van der Waals surface area contributed by atoms with E-state index in [0.717, 1.165) is 17.1 Å². The van der Waals surface area contributed by atoms with E-state index >= 15 is 0 Å². The van der Waals surface area contributed by atoms with Gasteiger partial charge in [0.2, 0.25) is 0 Å². The summed E-state index contributed by atoms with van der Waals surface area (Å²) in [5.74, 6) is 0. The maximum Gasteiger partial charge on any atom is 0.0465 e. The Balaban J connectivity index is 0.000000146. The molecule has 5 aliphatic rings. The van der Waals surface area contributed by atoms with E-state index in [1.54, 1.807) is 0 Å². The molecule has 562 valence electrons. The molecule has 0 radical (unpaired) electrons. The number of hydrogen-bond acceptors (Lipinski definition) is 2. The minimum Gasteiger partial charge on any atom is -0.310 e. The highest BCUT2D eigenvalue weighted by Crippen LogP contribution is 2.58. The van der Waals surface area contributed by atoms with E-state index in [1.807, 2.05) is 0 Å². The first-order valence-electron chi connectivity index (χ1n) is 41.6. The second-order valence-corrected chi connectivity index (χ2v) is 35.6. The molecule has 117 heavy (non-hydrogen) atoms. The smallest absolute Gasteiger partial charge is 0.0465 e. The highest BCUT2D eigenvalue weighted by Gasteiger charge is 2.42. The summed E-state index contributed by atoms with van der Waals surface area (Å²) in [7, 11) is 0. The summed E-state index contributed by atoms with van der Waals surface area (Å²) in [5, 5.41) is 2.52. The number of anilines is 6. The van der Waals surface area contributed by atoms with Gasteiger partial charge in [0.15, 0.2) is 0 Å². The third-order valence-corrected chi connectivity index (χ3v) is 27.2. The fourth-order valence-corrected chi connectivity index (χ4v) is 20.6. The third kappa shape index (κ3) is 11.5. The molecule has 5 aliphatic carbocycles. The second-order valence-electron chi connectivity index (χ2n) is 35.6. The van der Waals surface area contributed by atoms with Gasteiger partial charge >= 0.3 is 0 Å². The zero-order chi connectivity index (χ0) is 79.4. The van der Waals surface area contributed by atoms with E-state index in [-0.39, 0.29) is 27.1 Å². The van der Waals surface area contributed by atoms with Gasteiger partial charge in [0.05, 0.1) is 0 Å². The second kappa shape index (κ2) is 26.9. The first kappa shape index (κ1) is 71.4. The van der Waals surface area contributed by atoms with Gasteiger partial charge in [-0.1, -0.05) is 354 Å². The monoisotopic (exact) mass is 1500 g/mol. The molecule has 0 saturated heterocycles. The Morgan fingerprint density at radius 2 is 0.342 bits per heavy atom. The van der Waals surface area contributed by atoms with E-state index < -0.39 is 0 Å². The van der Waals surface area contributed by atoms with Crippen molar-refractivity contribution in [3.05, 3.63) is 432 Å². The molecule has 0 unspecified atom stereocenters. The van der Waals surface area contributed by atoms with Crippen LogP contribution in [0.15, 0.2) is 376 Å². The molecule has 0 aliphatic heterocycles. The molecular formula is C115H92N2. The highest BCUT2D eigenvalue weighted by atomic mass is 15.1. The topological polar surface area (TPSA) is 6.48 Å². The summed E-state index contributed by atoms with van der Waals surface area (Å²) in [5.41, 5.74) is 45.8. The van der Waals surface area contributed by atoms with Gasteiger partial charge in [0.1, 0.15) is 0 Å². The molecule has 0 amide bonds. The Hall–Kier alpha value is -13.4. The van der Waals surface area contributed by atoms with Crippen LogP contribution < -0.4 is 9.80 Å². The van der Waals surface area contributed by atoms with Crippen molar-refractivity contribution in [2.45, 2.75) is 96.3 Å². The maximum absolute atomic E-state index is 2.51. The van der Waals surface area contributed by atoms with Gasteiger partial charge in [-0.2, -0.15) is 0 Å². The Bertz CT molecular complexity index is 6760. The Morgan fingerprint density at radius 3 is 0.684 bits per heavy atom. The average molecular weight is 1500 g/mol. The Kier molecular flexibility index (Phi) is 16.4. The number of fused-ring (bicyclic) bond motifs is 16. The number of nitrogens with zero attached hydrogens (tertiary/aromatic N) is 2. The van der Waals surface area contributed by atoms with Crippen LogP contribution in [0.4, 0.5) is 34.1 Å². The summed E-state index contributed by atoms with van der Waals surface area (Å²) >= 11 is 0. The first-order valence-corrected chi connectivity index (χ1v) is 41.6. The van der Waals surface area contributed by atoms with Gasteiger partial charge in [0, 0.05) is 61.2 Å². The molecule has 0 atom stereocenters. The van der Waals surface area contributed by atoms with Crippen LogP contribution in [-0.2, 0) is 27.1 Å².